The first-order chi connectivity index (χ1) is 9.99. The summed E-state index contributed by atoms with van der Waals surface area (Å²) in [7, 11) is 0. The lowest BCUT2D eigenvalue weighted by Crippen LogP contribution is -2.23. The van der Waals surface area contributed by atoms with E-state index < -0.39 is 0 Å². The summed E-state index contributed by atoms with van der Waals surface area (Å²) in [6.45, 7) is 8.39. The summed E-state index contributed by atoms with van der Waals surface area (Å²) in [6, 6.07) is 12.1. The zero-order valence-electron chi connectivity index (χ0n) is 13.1. The second-order valence-corrected chi connectivity index (χ2v) is 5.42. The summed E-state index contributed by atoms with van der Waals surface area (Å²) in [5.74, 6) is -0.0340. The Kier molecular flexibility index (Phi) is 4.63. The molecular weight excluding hydrogens is 260 g/mol. The Labute approximate surface area is 126 Å². The average Bonchev–Trinajstić information content (AvgIpc) is 2.45. The molecule has 0 aliphatic carbocycles. The minimum Gasteiger partial charge on any atom is -0.376 e. The van der Waals surface area contributed by atoms with Gasteiger partial charge in [-0.15, -0.1) is 0 Å². The third kappa shape index (κ3) is 3.63. The van der Waals surface area contributed by atoms with Gasteiger partial charge in [-0.2, -0.15) is 0 Å². The Hall–Kier alpha value is -2.29. The number of rotatable bonds is 4. The van der Waals surface area contributed by atoms with E-state index in [1.807, 2.05) is 44.2 Å². The molecule has 21 heavy (non-hydrogen) atoms. The SMILES string of the molecule is Cc1cccc(NCC(=O)Nc2c(C)cccc2C)c1C. The number of nitrogens with one attached hydrogen (secondary N) is 2. The predicted octanol–water partition coefficient (Wildman–Crippen LogP) is 3.97. The van der Waals surface area contributed by atoms with E-state index in [0.717, 1.165) is 22.5 Å². The highest BCUT2D eigenvalue weighted by Gasteiger charge is 2.08. The molecule has 0 aliphatic heterocycles. The van der Waals surface area contributed by atoms with Gasteiger partial charge in [0.25, 0.3) is 0 Å². The number of benzene rings is 2. The van der Waals surface area contributed by atoms with Gasteiger partial charge in [-0.05, 0) is 56.0 Å². The maximum atomic E-state index is 12.1. The Morgan fingerprint density at radius 3 is 2.14 bits per heavy atom. The topological polar surface area (TPSA) is 41.1 Å². The van der Waals surface area contributed by atoms with Crippen LogP contribution in [0.1, 0.15) is 22.3 Å². The summed E-state index contributed by atoms with van der Waals surface area (Å²) in [5, 5.41) is 6.18. The van der Waals surface area contributed by atoms with Crippen LogP contribution in [0.3, 0.4) is 0 Å². The Bertz CT molecular complexity index is 642. The number of hydrogen-bond acceptors (Lipinski definition) is 2. The average molecular weight is 282 g/mol. The highest BCUT2D eigenvalue weighted by Crippen LogP contribution is 2.20. The van der Waals surface area contributed by atoms with Crippen molar-refractivity contribution in [1.82, 2.24) is 0 Å². The molecule has 2 aromatic rings. The summed E-state index contributed by atoms with van der Waals surface area (Å²) in [5.41, 5.74) is 6.47. The van der Waals surface area contributed by atoms with Gasteiger partial charge < -0.3 is 10.6 Å². The first-order valence-corrected chi connectivity index (χ1v) is 7.15. The van der Waals surface area contributed by atoms with Crippen LogP contribution in [0, 0.1) is 27.7 Å². The molecule has 0 fully saturated rings. The third-order valence-corrected chi connectivity index (χ3v) is 3.79. The predicted molar refractivity (Wildman–Crippen MR) is 89.0 cm³/mol. The number of carbonyl (C=O) groups is 1. The molecular formula is C18H22N2O. The van der Waals surface area contributed by atoms with E-state index in [1.165, 1.54) is 11.1 Å². The van der Waals surface area contributed by atoms with Crippen LogP contribution in [0.2, 0.25) is 0 Å². The summed E-state index contributed by atoms with van der Waals surface area (Å²) in [4.78, 5) is 12.1. The molecule has 0 aliphatic rings. The minimum absolute atomic E-state index is 0.0340. The molecule has 0 aromatic heterocycles. The molecule has 2 rings (SSSR count). The smallest absolute Gasteiger partial charge is 0.243 e. The van der Waals surface area contributed by atoms with Gasteiger partial charge in [-0.3, -0.25) is 4.79 Å². The molecule has 3 nitrogen and oxygen atoms in total. The van der Waals surface area contributed by atoms with Crippen LogP contribution < -0.4 is 10.6 Å². The molecule has 0 atom stereocenters. The van der Waals surface area contributed by atoms with Gasteiger partial charge in [0.05, 0.1) is 6.54 Å². The zero-order chi connectivity index (χ0) is 15.4. The normalized spacial score (nSPS) is 10.3. The highest BCUT2D eigenvalue weighted by molar-refractivity contribution is 5.95. The van der Waals surface area contributed by atoms with Crippen molar-refractivity contribution >= 4 is 17.3 Å². The molecule has 2 aromatic carbocycles. The Morgan fingerprint density at radius 2 is 1.48 bits per heavy atom. The summed E-state index contributed by atoms with van der Waals surface area (Å²) >= 11 is 0. The molecule has 0 saturated heterocycles. The fourth-order valence-electron chi connectivity index (χ4n) is 2.31. The van der Waals surface area contributed by atoms with Gasteiger partial charge in [0.1, 0.15) is 0 Å². The maximum Gasteiger partial charge on any atom is 0.243 e. The first kappa shape index (κ1) is 15.1. The van der Waals surface area contributed by atoms with Gasteiger partial charge in [0.2, 0.25) is 5.91 Å². The number of para-hydroxylation sites is 1. The molecule has 0 radical (unpaired) electrons. The lowest BCUT2D eigenvalue weighted by molar-refractivity contribution is -0.114. The number of anilines is 2. The molecule has 110 valence electrons. The van der Waals surface area contributed by atoms with Gasteiger partial charge in [-0.25, -0.2) is 0 Å². The fraction of sp³-hybridized carbons (Fsp3) is 0.278. The Morgan fingerprint density at radius 1 is 0.905 bits per heavy atom. The number of hydrogen-bond donors (Lipinski definition) is 2. The largest absolute Gasteiger partial charge is 0.376 e. The van der Waals surface area contributed by atoms with E-state index in [1.54, 1.807) is 0 Å². The summed E-state index contributed by atoms with van der Waals surface area (Å²) in [6.07, 6.45) is 0. The van der Waals surface area contributed by atoms with Crippen LogP contribution in [0.5, 0.6) is 0 Å². The number of carbonyl (C=O) groups excluding carboxylic acids is 1. The minimum atomic E-state index is -0.0340. The van der Waals surface area contributed by atoms with Crippen LogP contribution in [-0.2, 0) is 4.79 Å². The van der Waals surface area contributed by atoms with Crippen molar-refractivity contribution < 1.29 is 4.79 Å². The number of amides is 1. The van der Waals surface area contributed by atoms with Crippen LogP contribution in [0.15, 0.2) is 36.4 Å². The van der Waals surface area contributed by atoms with Gasteiger partial charge >= 0.3 is 0 Å². The highest BCUT2D eigenvalue weighted by atomic mass is 16.1. The van der Waals surface area contributed by atoms with Crippen molar-refractivity contribution in [2.75, 3.05) is 17.2 Å². The monoisotopic (exact) mass is 282 g/mol. The van der Waals surface area contributed by atoms with Gasteiger partial charge in [-0.1, -0.05) is 30.3 Å². The summed E-state index contributed by atoms with van der Waals surface area (Å²) < 4.78 is 0. The molecule has 0 unspecified atom stereocenters. The molecule has 2 N–H and O–H groups in total. The van der Waals surface area contributed by atoms with Crippen molar-refractivity contribution in [2.24, 2.45) is 0 Å². The van der Waals surface area contributed by atoms with Crippen molar-refractivity contribution in [3.8, 4) is 0 Å². The molecule has 0 saturated carbocycles. The van der Waals surface area contributed by atoms with Crippen molar-refractivity contribution in [1.29, 1.82) is 0 Å². The maximum absolute atomic E-state index is 12.1. The van der Waals surface area contributed by atoms with E-state index in [4.69, 9.17) is 0 Å². The number of aryl methyl sites for hydroxylation is 3. The van der Waals surface area contributed by atoms with Crippen molar-refractivity contribution in [3.63, 3.8) is 0 Å². The molecule has 3 heteroatoms. The second-order valence-electron chi connectivity index (χ2n) is 5.42. The fourth-order valence-corrected chi connectivity index (χ4v) is 2.31. The van der Waals surface area contributed by atoms with Crippen LogP contribution in [-0.4, -0.2) is 12.5 Å². The molecule has 0 bridgehead atoms. The molecule has 0 heterocycles. The van der Waals surface area contributed by atoms with Gasteiger partial charge in [0, 0.05) is 11.4 Å². The van der Waals surface area contributed by atoms with E-state index in [-0.39, 0.29) is 12.5 Å². The van der Waals surface area contributed by atoms with Crippen molar-refractivity contribution in [2.45, 2.75) is 27.7 Å². The lowest BCUT2D eigenvalue weighted by Gasteiger charge is -2.14. The van der Waals surface area contributed by atoms with Crippen LogP contribution >= 0.6 is 0 Å². The van der Waals surface area contributed by atoms with Crippen LogP contribution in [0.25, 0.3) is 0 Å². The third-order valence-electron chi connectivity index (χ3n) is 3.79. The van der Waals surface area contributed by atoms with E-state index in [0.29, 0.717) is 0 Å². The van der Waals surface area contributed by atoms with E-state index >= 15 is 0 Å². The second kappa shape index (κ2) is 6.44. The van der Waals surface area contributed by atoms with Crippen molar-refractivity contribution in [3.05, 3.63) is 58.7 Å². The first-order valence-electron chi connectivity index (χ1n) is 7.15. The quantitative estimate of drug-likeness (QED) is 0.891. The molecule has 0 spiro atoms. The lowest BCUT2D eigenvalue weighted by atomic mass is 10.1. The van der Waals surface area contributed by atoms with Gasteiger partial charge in [0.15, 0.2) is 0 Å². The van der Waals surface area contributed by atoms with E-state index in [2.05, 4.69) is 30.5 Å². The van der Waals surface area contributed by atoms with E-state index in [9.17, 15) is 4.79 Å². The van der Waals surface area contributed by atoms with Crippen LogP contribution in [0.4, 0.5) is 11.4 Å². The standard InChI is InChI=1S/C18H22N2O/c1-12-7-6-10-16(15(12)4)19-11-17(21)20-18-13(2)8-5-9-14(18)3/h5-10,19H,11H2,1-4H3,(H,20,21). The molecule has 1 amide bonds. The Balaban J connectivity index is 2.01. The zero-order valence-corrected chi connectivity index (χ0v) is 13.1.